The molecule has 0 radical (unpaired) electrons. The van der Waals surface area contributed by atoms with Gasteiger partial charge in [0.2, 0.25) is 5.91 Å². The lowest BCUT2D eigenvalue weighted by Crippen LogP contribution is -2.59. The minimum absolute atomic E-state index is 0.136. The number of hydrogen-bond acceptors (Lipinski definition) is 5. The van der Waals surface area contributed by atoms with Crippen LogP contribution in [0.3, 0.4) is 0 Å². The number of rotatable bonds is 9. The Morgan fingerprint density at radius 3 is 1.74 bits per heavy atom. The zero-order valence-electron chi connectivity index (χ0n) is 21.3. The summed E-state index contributed by atoms with van der Waals surface area (Å²) in [6, 6.07) is 4.87. The van der Waals surface area contributed by atoms with Gasteiger partial charge in [-0.15, -0.1) is 0 Å². The van der Waals surface area contributed by atoms with E-state index >= 15 is 0 Å². The van der Waals surface area contributed by atoms with Crippen molar-refractivity contribution in [2.45, 2.75) is 60.5 Å². The number of ether oxygens (including phenoxy) is 1. The van der Waals surface area contributed by atoms with Crippen molar-refractivity contribution < 1.29 is 23.9 Å². The molecular formula is C25H38N4O5. The predicted octanol–water partition coefficient (Wildman–Crippen LogP) is 2.93. The fourth-order valence-electron chi connectivity index (χ4n) is 3.60. The van der Waals surface area contributed by atoms with Crippen molar-refractivity contribution in [1.82, 2.24) is 10.6 Å². The van der Waals surface area contributed by atoms with Crippen LogP contribution in [0.25, 0.3) is 0 Å². The van der Waals surface area contributed by atoms with Crippen molar-refractivity contribution in [3.05, 3.63) is 24.3 Å². The number of amides is 4. The number of nitrogens with one attached hydrogen (secondary N) is 2. The highest BCUT2D eigenvalue weighted by molar-refractivity contribution is 6.21. The highest BCUT2D eigenvalue weighted by Crippen LogP contribution is 2.34. The molecule has 0 unspecified atom stereocenters. The monoisotopic (exact) mass is 474 g/mol. The highest BCUT2D eigenvalue weighted by atomic mass is 16.5. The Bertz CT molecular complexity index is 850. The second-order valence-corrected chi connectivity index (χ2v) is 9.97. The third kappa shape index (κ3) is 6.95. The number of alkyl carbamates (subject to hydrolysis) is 1. The maximum atomic E-state index is 13.6. The molecule has 1 aromatic rings. The summed E-state index contributed by atoms with van der Waals surface area (Å²) in [4.78, 5) is 55.2. The van der Waals surface area contributed by atoms with Crippen molar-refractivity contribution in [1.29, 1.82) is 0 Å². The van der Waals surface area contributed by atoms with Gasteiger partial charge in [0.05, 0.1) is 18.0 Å². The van der Waals surface area contributed by atoms with Crippen molar-refractivity contribution in [3.8, 4) is 0 Å². The average molecular weight is 475 g/mol. The molecule has 1 aromatic carbocycles. The largest absolute Gasteiger partial charge is 0.449 e. The lowest BCUT2D eigenvalue weighted by atomic mass is 10.1. The zero-order chi connectivity index (χ0) is 25.6. The lowest BCUT2D eigenvalue weighted by molar-refractivity contribution is -0.134. The van der Waals surface area contributed by atoms with Crippen molar-refractivity contribution in [2.75, 3.05) is 29.5 Å². The van der Waals surface area contributed by atoms with Gasteiger partial charge < -0.3 is 25.2 Å². The maximum absolute atomic E-state index is 13.6. The molecule has 1 heterocycles. The summed E-state index contributed by atoms with van der Waals surface area (Å²) in [7, 11) is 0. The van der Waals surface area contributed by atoms with E-state index in [4.69, 9.17) is 4.74 Å². The van der Waals surface area contributed by atoms with Crippen LogP contribution in [0.5, 0.6) is 0 Å². The Morgan fingerprint density at radius 2 is 1.32 bits per heavy atom. The molecular weight excluding hydrogens is 436 g/mol. The molecule has 0 saturated carbocycles. The highest BCUT2D eigenvalue weighted by Gasteiger charge is 2.42. The van der Waals surface area contributed by atoms with Gasteiger partial charge in [-0.3, -0.25) is 14.4 Å². The van der Waals surface area contributed by atoms with Crippen LogP contribution in [-0.2, 0) is 19.1 Å². The van der Waals surface area contributed by atoms with Gasteiger partial charge in [-0.1, -0.05) is 53.7 Å². The standard InChI is InChI=1S/C25H38N4O5/c1-15(2)12-28-19-10-8-9-11-20(19)29(13-16(3)4)24(32)21(23(28)31)27-22(30)18(7)26-25(33)34-14-17(5)6/h8-11,15-18,21H,12-14H2,1-7H3,(H,26,33)(H,27,30)/t18-/m0/s1. The first-order valence-corrected chi connectivity index (χ1v) is 11.9. The number of fused-ring (bicyclic) bond motifs is 1. The summed E-state index contributed by atoms with van der Waals surface area (Å²) >= 11 is 0. The molecule has 1 aliphatic heterocycles. The fraction of sp³-hybridized carbons (Fsp3) is 0.600. The van der Waals surface area contributed by atoms with Gasteiger partial charge in [-0.2, -0.15) is 0 Å². The van der Waals surface area contributed by atoms with Gasteiger partial charge in [0.25, 0.3) is 11.8 Å². The molecule has 2 rings (SSSR count). The fourth-order valence-corrected chi connectivity index (χ4v) is 3.60. The van der Waals surface area contributed by atoms with E-state index in [1.807, 2.05) is 65.8 Å². The molecule has 1 aliphatic rings. The van der Waals surface area contributed by atoms with E-state index in [-0.39, 0.29) is 24.4 Å². The first-order chi connectivity index (χ1) is 15.9. The smallest absolute Gasteiger partial charge is 0.407 e. The Balaban J connectivity index is 2.33. The van der Waals surface area contributed by atoms with E-state index < -0.39 is 35.9 Å². The van der Waals surface area contributed by atoms with E-state index in [2.05, 4.69) is 10.6 Å². The van der Waals surface area contributed by atoms with Gasteiger partial charge in [0.15, 0.2) is 6.04 Å². The van der Waals surface area contributed by atoms with Gasteiger partial charge in [-0.25, -0.2) is 4.79 Å². The van der Waals surface area contributed by atoms with Crippen LogP contribution in [0.1, 0.15) is 48.5 Å². The number of nitrogens with zero attached hydrogens (tertiary/aromatic N) is 2. The third-order valence-electron chi connectivity index (χ3n) is 5.15. The SMILES string of the molecule is CC(C)COC(=O)N[C@@H](C)C(=O)NC1C(=O)N(CC(C)C)c2ccccc2N(CC(C)C)C1=O. The summed E-state index contributed by atoms with van der Waals surface area (Å²) in [5.74, 6) is -1.22. The van der Waals surface area contributed by atoms with Crippen molar-refractivity contribution in [3.63, 3.8) is 0 Å². The summed E-state index contributed by atoms with van der Waals surface area (Å²) in [5, 5.41) is 5.03. The van der Waals surface area contributed by atoms with Crippen LogP contribution in [0.4, 0.5) is 16.2 Å². The Morgan fingerprint density at radius 1 is 0.853 bits per heavy atom. The number of anilines is 2. The molecule has 0 bridgehead atoms. The van der Waals surface area contributed by atoms with Crippen LogP contribution in [0.15, 0.2) is 24.3 Å². The van der Waals surface area contributed by atoms with Crippen LogP contribution in [0, 0.1) is 17.8 Å². The molecule has 34 heavy (non-hydrogen) atoms. The second-order valence-electron chi connectivity index (χ2n) is 9.97. The molecule has 0 aliphatic carbocycles. The third-order valence-corrected chi connectivity index (χ3v) is 5.15. The first kappa shape index (κ1) is 27.1. The lowest BCUT2D eigenvalue weighted by Gasteiger charge is -2.27. The van der Waals surface area contributed by atoms with Gasteiger partial charge in [0.1, 0.15) is 6.04 Å². The number of benzene rings is 1. The summed E-state index contributed by atoms with van der Waals surface area (Å²) < 4.78 is 5.06. The number of carbonyl (C=O) groups is 4. The molecule has 0 aromatic heterocycles. The van der Waals surface area contributed by atoms with E-state index in [9.17, 15) is 19.2 Å². The minimum atomic E-state index is -1.41. The Kier molecular flexibility index (Phi) is 9.46. The van der Waals surface area contributed by atoms with Crippen molar-refractivity contribution in [2.24, 2.45) is 17.8 Å². The topological polar surface area (TPSA) is 108 Å². The van der Waals surface area contributed by atoms with Crippen LogP contribution < -0.4 is 20.4 Å². The van der Waals surface area contributed by atoms with Crippen LogP contribution in [-0.4, -0.2) is 55.6 Å². The summed E-state index contributed by atoms with van der Waals surface area (Å²) in [5.41, 5.74) is 1.27. The summed E-state index contributed by atoms with van der Waals surface area (Å²) in [6.07, 6.45) is -0.731. The van der Waals surface area contributed by atoms with E-state index in [0.717, 1.165) is 0 Å². The normalized spacial score (nSPS) is 15.5. The van der Waals surface area contributed by atoms with Gasteiger partial charge >= 0.3 is 6.09 Å². The predicted molar refractivity (Wildman–Crippen MR) is 132 cm³/mol. The maximum Gasteiger partial charge on any atom is 0.407 e. The second kappa shape index (κ2) is 11.9. The van der Waals surface area contributed by atoms with Crippen LogP contribution in [0.2, 0.25) is 0 Å². The molecule has 2 N–H and O–H groups in total. The van der Waals surface area contributed by atoms with E-state index in [1.54, 1.807) is 9.80 Å². The molecule has 4 amide bonds. The first-order valence-electron chi connectivity index (χ1n) is 11.9. The Hall–Kier alpha value is -3.10. The number of para-hydroxylation sites is 2. The van der Waals surface area contributed by atoms with Gasteiger partial charge in [-0.05, 0) is 36.8 Å². The molecule has 9 heteroatoms. The molecule has 0 spiro atoms. The minimum Gasteiger partial charge on any atom is -0.449 e. The molecule has 188 valence electrons. The van der Waals surface area contributed by atoms with E-state index in [0.29, 0.717) is 24.5 Å². The average Bonchev–Trinajstić information content (AvgIpc) is 2.83. The molecule has 0 fully saturated rings. The quantitative estimate of drug-likeness (QED) is 0.535. The summed E-state index contributed by atoms with van der Waals surface area (Å²) in [6.45, 7) is 14.2. The molecule has 0 saturated heterocycles. The zero-order valence-corrected chi connectivity index (χ0v) is 21.3. The molecule has 9 nitrogen and oxygen atoms in total. The van der Waals surface area contributed by atoms with Crippen molar-refractivity contribution >= 4 is 35.2 Å². The number of carbonyl (C=O) groups excluding carboxylic acids is 4. The van der Waals surface area contributed by atoms with Crippen LogP contribution >= 0.6 is 0 Å². The Labute approximate surface area is 202 Å². The number of hydrogen-bond donors (Lipinski definition) is 2. The molecule has 1 atom stereocenters. The van der Waals surface area contributed by atoms with Gasteiger partial charge in [0, 0.05) is 13.1 Å². The van der Waals surface area contributed by atoms with E-state index in [1.165, 1.54) is 6.92 Å².